The third-order valence-electron chi connectivity index (χ3n) is 3.49. The Morgan fingerprint density at radius 2 is 2.04 bits per heavy atom. The van der Waals surface area contributed by atoms with Crippen LogP contribution in [0.25, 0.3) is 10.8 Å². The molecule has 0 atom stereocenters. The Bertz CT molecular complexity index is 954. The van der Waals surface area contributed by atoms with E-state index in [1.807, 2.05) is 29.6 Å². The van der Waals surface area contributed by atoms with Gasteiger partial charge in [0, 0.05) is 5.38 Å². The average molecular weight is 375 g/mol. The molecule has 2 aromatic heterocycles. The predicted molar refractivity (Wildman–Crippen MR) is 99.4 cm³/mol. The molecule has 0 aliphatic carbocycles. The molecule has 25 heavy (non-hydrogen) atoms. The first-order chi connectivity index (χ1) is 12.0. The summed E-state index contributed by atoms with van der Waals surface area (Å²) in [6, 6.07) is 7.42. The third kappa shape index (κ3) is 3.62. The summed E-state index contributed by atoms with van der Waals surface area (Å²) in [6.45, 7) is 4.13. The van der Waals surface area contributed by atoms with Gasteiger partial charge >= 0.3 is 0 Å². The van der Waals surface area contributed by atoms with Crippen molar-refractivity contribution in [3.05, 3.63) is 45.7 Å². The SMILES string of the molecule is COc1ccc(/C=N/n2c(-c3nc(C(C)C)cs3)nn(O)c2=S)cc1. The highest BCUT2D eigenvalue weighted by Crippen LogP contribution is 2.26. The van der Waals surface area contributed by atoms with Gasteiger partial charge in [-0.2, -0.15) is 9.78 Å². The minimum Gasteiger partial charge on any atom is -0.497 e. The van der Waals surface area contributed by atoms with E-state index in [9.17, 15) is 5.21 Å². The van der Waals surface area contributed by atoms with Crippen LogP contribution in [0.2, 0.25) is 0 Å². The Kier molecular flexibility index (Phi) is 4.95. The zero-order valence-electron chi connectivity index (χ0n) is 13.9. The van der Waals surface area contributed by atoms with Crippen LogP contribution in [0.1, 0.15) is 31.0 Å². The number of hydrogen-bond acceptors (Lipinski definition) is 7. The maximum absolute atomic E-state index is 9.83. The molecule has 2 heterocycles. The van der Waals surface area contributed by atoms with Crippen LogP contribution in [-0.4, -0.2) is 38.1 Å². The van der Waals surface area contributed by atoms with Gasteiger partial charge in [0.25, 0.3) is 4.77 Å². The van der Waals surface area contributed by atoms with E-state index in [1.165, 1.54) is 16.0 Å². The molecule has 1 N–H and O–H groups in total. The van der Waals surface area contributed by atoms with E-state index in [-0.39, 0.29) is 4.77 Å². The summed E-state index contributed by atoms with van der Waals surface area (Å²) in [5, 5.41) is 20.8. The van der Waals surface area contributed by atoms with Crippen LogP contribution < -0.4 is 4.74 Å². The van der Waals surface area contributed by atoms with Crippen LogP contribution in [0.3, 0.4) is 0 Å². The van der Waals surface area contributed by atoms with Crippen LogP contribution in [0.5, 0.6) is 5.75 Å². The van der Waals surface area contributed by atoms with E-state index >= 15 is 0 Å². The van der Waals surface area contributed by atoms with Crippen molar-refractivity contribution < 1.29 is 9.94 Å². The summed E-state index contributed by atoms with van der Waals surface area (Å²) in [5.41, 5.74) is 1.82. The highest BCUT2D eigenvalue weighted by Gasteiger charge is 2.16. The lowest BCUT2D eigenvalue weighted by Crippen LogP contribution is -1.96. The highest BCUT2D eigenvalue weighted by atomic mass is 32.1. The Hall–Kier alpha value is -2.52. The molecule has 0 radical (unpaired) electrons. The third-order valence-corrected chi connectivity index (χ3v) is 4.68. The Morgan fingerprint density at radius 3 is 2.64 bits per heavy atom. The lowest BCUT2D eigenvalue weighted by molar-refractivity contribution is 0.143. The molecule has 9 heteroatoms. The molecule has 7 nitrogen and oxygen atoms in total. The van der Waals surface area contributed by atoms with Crippen LogP contribution in [0.15, 0.2) is 34.7 Å². The number of rotatable bonds is 5. The van der Waals surface area contributed by atoms with Crippen LogP contribution in [0.4, 0.5) is 0 Å². The molecular formula is C16H17N5O2S2. The van der Waals surface area contributed by atoms with Crippen LogP contribution in [-0.2, 0) is 0 Å². The largest absolute Gasteiger partial charge is 0.497 e. The van der Waals surface area contributed by atoms with Crippen molar-refractivity contribution in [3.63, 3.8) is 0 Å². The predicted octanol–water partition coefficient (Wildman–Crippen LogP) is 3.79. The van der Waals surface area contributed by atoms with Gasteiger partial charge in [0.1, 0.15) is 5.75 Å². The molecule has 0 fully saturated rings. The summed E-state index contributed by atoms with van der Waals surface area (Å²) in [5.74, 6) is 1.47. The number of benzene rings is 1. The molecule has 0 bridgehead atoms. The van der Waals surface area contributed by atoms with Crippen LogP contribution in [0, 0.1) is 4.77 Å². The van der Waals surface area contributed by atoms with Gasteiger partial charge in [-0.1, -0.05) is 18.7 Å². The van der Waals surface area contributed by atoms with Crippen molar-refractivity contribution in [3.8, 4) is 16.6 Å². The summed E-state index contributed by atoms with van der Waals surface area (Å²) < 4.78 is 6.60. The lowest BCUT2D eigenvalue weighted by Gasteiger charge is -2.00. The average Bonchev–Trinajstić information content (AvgIpc) is 3.20. The fourth-order valence-corrected chi connectivity index (χ4v) is 3.18. The van der Waals surface area contributed by atoms with E-state index in [4.69, 9.17) is 17.0 Å². The molecule has 0 unspecified atom stereocenters. The summed E-state index contributed by atoms with van der Waals surface area (Å²) in [7, 11) is 1.61. The second-order valence-electron chi connectivity index (χ2n) is 5.56. The second-order valence-corrected chi connectivity index (χ2v) is 6.78. The topological polar surface area (TPSA) is 77.5 Å². The first-order valence-corrected chi connectivity index (χ1v) is 8.84. The zero-order chi connectivity index (χ0) is 18.0. The van der Waals surface area contributed by atoms with Crippen molar-refractivity contribution in [1.82, 2.24) is 19.6 Å². The molecule has 0 spiro atoms. The minimum absolute atomic E-state index is 0.0704. The number of aromatic nitrogens is 4. The molecule has 0 amide bonds. The molecule has 0 saturated heterocycles. The van der Waals surface area contributed by atoms with E-state index in [0.29, 0.717) is 21.6 Å². The normalized spacial score (nSPS) is 11.5. The van der Waals surface area contributed by atoms with E-state index < -0.39 is 0 Å². The van der Waals surface area contributed by atoms with E-state index in [1.54, 1.807) is 13.3 Å². The smallest absolute Gasteiger partial charge is 0.258 e. The van der Waals surface area contributed by atoms with Crippen molar-refractivity contribution in [2.24, 2.45) is 5.10 Å². The van der Waals surface area contributed by atoms with Gasteiger partial charge in [0.2, 0.25) is 5.82 Å². The van der Waals surface area contributed by atoms with Crippen molar-refractivity contribution in [1.29, 1.82) is 0 Å². The molecule has 0 saturated carbocycles. The molecule has 1 aromatic carbocycles. The standard InChI is InChI=1S/C16H17N5O2S2/c1-10(2)13-9-25-15(18-13)14-19-21(22)16(24)20(14)17-8-11-4-6-12(23-3)7-5-11/h4-10,22H,1-3H3/b17-8+. The number of nitrogens with zero attached hydrogens (tertiary/aromatic N) is 5. The van der Waals surface area contributed by atoms with Gasteiger partial charge in [-0.3, -0.25) is 0 Å². The fourth-order valence-electron chi connectivity index (χ4n) is 2.06. The second kappa shape index (κ2) is 7.16. The van der Waals surface area contributed by atoms with Gasteiger partial charge in [0.05, 0.1) is 19.0 Å². The molecule has 0 aliphatic heterocycles. The Labute approximate surface area is 153 Å². The first-order valence-electron chi connectivity index (χ1n) is 7.55. The highest BCUT2D eigenvalue weighted by molar-refractivity contribution is 7.71. The van der Waals surface area contributed by atoms with Crippen molar-refractivity contribution >= 4 is 29.8 Å². The van der Waals surface area contributed by atoms with Gasteiger partial charge < -0.3 is 9.94 Å². The number of thiazole rings is 1. The maximum Gasteiger partial charge on any atom is 0.258 e. The minimum atomic E-state index is 0.0704. The fraction of sp³-hybridized carbons (Fsp3) is 0.250. The quantitative estimate of drug-likeness (QED) is 0.417. The maximum atomic E-state index is 9.83. The van der Waals surface area contributed by atoms with Crippen molar-refractivity contribution in [2.75, 3.05) is 7.11 Å². The van der Waals surface area contributed by atoms with Gasteiger partial charge in [-0.25, -0.2) is 4.98 Å². The zero-order valence-corrected chi connectivity index (χ0v) is 15.6. The van der Waals surface area contributed by atoms with Gasteiger partial charge in [-0.05, 0) is 48.0 Å². The molecule has 3 aromatic rings. The molecule has 0 aliphatic rings. The number of methoxy groups -OCH3 is 1. The summed E-state index contributed by atoms with van der Waals surface area (Å²) in [6.07, 6.45) is 1.64. The van der Waals surface area contributed by atoms with Gasteiger partial charge in [-0.15, -0.1) is 16.4 Å². The van der Waals surface area contributed by atoms with E-state index in [2.05, 4.69) is 29.0 Å². The first kappa shape index (κ1) is 17.3. The summed E-state index contributed by atoms with van der Waals surface area (Å²) >= 11 is 6.62. The van der Waals surface area contributed by atoms with Gasteiger partial charge in [0.15, 0.2) is 5.01 Å². The van der Waals surface area contributed by atoms with E-state index in [0.717, 1.165) is 17.0 Å². The monoisotopic (exact) mass is 375 g/mol. The molecule has 3 rings (SSSR count). The molecular weight excluding hydrogens is 358 g/mol. The number of ether oxygens (including phenoxy) is 1. The summed E-state index contributed by atoms with van der Waals surface area (Å²) in [4.78, 5) is 5.18. The Morgan fingerprint density at radius 1 is 1.32 bits per heavy atom. The molecule has 130 valence electrons. The lowest BCUT2D eigenvalue weighted by atomic mass is 10.2. The Balaban J connectivity index is 1.97. The van der Waals surface area contributed by atoms with Crippen LogP contribution >= 0.6 is 23.6 Å². The van der Waals surface area contributed by atoms with Crippen molar-refractivity contribution in [2.45, 2.75) is 19.8 Å². The number of hydrogen-bond donors (Lipinski definition) is 1.